The molecule has 1 saturated heterocycles. The Bertz CT molecular complexity index is 595. The first kappa shape index (κ1) is 12.4. The lowest BCUT2D eigenvalue weighted by Gasteiger charge is -2.34. The summed E-state index contributed by atoms with van der Waals surface area (Å²) >= 11 is 1.74. The zero-order valence-corrected chi connectivity index (χ0v) is 11.7. The highest BCUT2D eigenvalue weighted by Crippen LogP contribution is 2.29. The summed E-state index contributed by atoms with van der Waals surface area (Å²) in [4.78, 5) is 18.0. The molecule has 4 nitrogen and oxygen atoms in total. The Kier molecular flexibility index (Phi) is 3.38. The fourth-order valence-corrected chi connectivity index (χ4v) is 3.48. The molecule has 1 aliphatic rings. The molecule has 1 unspecified atom stereocenters. The van der Waals surface area contributed by atoms with Gasteiger partial charge in [0.2, 0.25) is 5.91 Å². The molecule has 19 heavy (non-hydrogen) atoms. The fourth-order valence-electron chi connectivity index (χ4n) is 2.71. The molecule has 1 N–H and O–H groups in total. The van der Waals surface area contributed by atoms with Crippen molar-refractivity contribution in [2.75, 3.05) is 18.0 Å². The number of carbonyl (C=O) groups is 1. The third-order valence-corrected chi connectivity index (χ3v) is 4.37. The molecule has 1 aliphatic heterocycles. The van der Waals surface area contributed by atoms with E-state index >= 15 is 0 Å². The summed E-state index contributed by atoms with van der Waals surface area (Å²) in [5.74, 6) is 1.10. The van der Waals surface area contributed by atoms with Crippen LogP contribution in [-0.4, -0.2) is 30.0 Å². The topological polar surface area (TPSA) is 45.2 Å². The maximum atomic E-state index is 11.2. The highest BCUT2D eigenvalue weighted by molar-refractivity contribution is 7.17. The Balaban J connectivity index is 1.85. The van der Waals surface area contributed by atoms with Crippen molar-refractivity contribution in [3.8, 4) is 0 Å². The molecule has 1 atom stereocenters. The van der Waals surface area contributed by atoms with E-state index < -0.39 is 0 Å². The lowest BCUT2D eigenvalue weighted by atomic mass is 10.1. The average Bonchev–Trinajstić information content (AvgIpc) is 2.86. The van der Waals surface area contributed by atoms with Gasteiger partial charge in [-0.2, -0.15) is 0 Å². The molecule has 0 saturated carbocycles. The predicted octanol–water partition coefficient (Wildman–Crippen LogP) is 2.40. The zero-order chi connectivity index (χ0) is 13.2. The van der Waals surface area contributed by atoms with Crippen molar-refractivity contribution in [2.24, 2.45) is 0 Å². The van der Waals surface area contributed by atoms with Crippen molar-refractivity contribution in [2.45, 2.75) is 25.8 Å². The van der Waals surface area contributed by atoms with Gasteiger partial charge in [-0.15, -0.1) is 11.3 Å². The van der Waals surface area contributed by atoms with Gasteiger partial charge >= 0.3 is 0 Å². The van der Waals surface area contributed by atoms with Crippen LogP contribution in [0.4, 0.5) is 5.82 Å². The SMILES string of the molecule is CC(=O)NC1CCCN(c2nccc3sccc23)C1. The van der Waals surface area contributed by atoms with Crippen molar-refractivity contribution in [3.05, 3.63) is 23.7 Å². The van der Waals surface area contributed by atoms with Gasteiger partial charge in [0.05, 0.1) is 0 Å². The number of piperidine rings is 1. The summed E-state index contributed by atoms with van der Waals surface area (Å²) in [6.07, 6.45) is 4.01. The first-order valence-corrected chi connectivity index (χ1v) is 7.46. The van der Waals surface area contributed by atoms with Crippen molar-refractivity contribution in [1.82, 2.24) is 10.3 Å². The second-order valence-electron chi connectivity index (χ2n) is 4.95. The third kappa shape index (κ3) is 2.56. The number of rotatable bonds is 2. The number of thiophene rings is 1. The van der Waals surface area contributed by atoms with Gasteiger partial charge in [-0.05, 0) is 30.4 Å². The maximum absolute atomic E-state index is 11.2. The van der Waals surface area contributed by atoms with Crippen LogP contribution in [0.1, 0.15) is 19.8 Å². The Morgan fingerprint density at radius 3 is 3.26 bits per heavy atom. The number of aromatic nitrogens is 1. The van der Waals surface area contributed by atoms with Gasteiger partial charge in [-0.1, -0.05) is 0 Å². The molecule has 5 heteroatoms. The second kappa shape index (κ2) is 5.17. The Morgan fingerprint density at radius 2 is 2.42 bits per heavy atom. The monoisotopic (exact) mass is 275 g/mol. The number of fused-ring (bicyclic) bond motifs is 1. The maximum Gasteiger partial charge on any atom is 0.217 e. The second-order valence-corrected chi connectivity index (χ2v) is 5.90. The highest BCUT2D eigenvalue weighted by atomic mass is 32.1. The highest BCUT2D eigenvalue weighted by Gasteiger charge is 2.22. The predicted molar refractivity (Wildman–Crippen MR) is 78.7 cm³/mol. The summed E-state index contributed by atoms with van der Waals surface area (Å²) < 4.78 is 1.27. The lowest BCUT2D eigenvalue weighted by Crippen LogP contribution is -2.47. The Labute approximate surface area is 116 Å². The van der Waals surface area contributed by atoms with Crippen LogP contribution >= 0.6 is 11.3 Å². The van der Waals surface area contributed by atoms with E-state index in [-0.39, 0.29) is 11.9 Å². The Hall–Kier alpha value is -1.62. The number of hydrogen-bond donors (Lipinski definition) is 1. The molecular formula is C14H17N3OS. The summed E-state index contributed by atoms with van der Waals surface area (Å²) in [5.41, 5.74) is 0. The molecule has 1 amide bonds. The van der Waals surface area contributed by atoms with E-state index in [1.807, 2.05) is 6.20 Å². The van der Waals surface area contributed by atoms with Gasteiger partial charge in [0, 0.05) is 42.3 Å². The fraction of sp³-hybridized carbons (Fsp3) is 0.429. The van der Waals surface area contributed by atoms with Gasteiger partial charge in [0.15, 0.2) is 0 Å². The molecule has 0 aromatic carbocycles. The molecule has 100 valence electrons. The van der Waals surface area contributed by atoms with Gasteiger partial charge < -0.3 is 10.2 Å². The third-order valence-electron chi connectivity index (χ3n) is 3.49. The quantitative estimate of drug-likeness (QED) is 0.915. The van der Waals surface area contributed by atoms with Crippen LogP contribution in [0.15, 0.2) is 23.7 Å². The molecule has 0 bridgehead atoms. The van der Waals surface area contributed by atoms with Gasteiger partial charge in [0.25, 0.3) is 0 Å². The lowest BCUT2D eigenvalue weighted by molar-refractivity contribution is -0.119. The minimum atomic E-state index is 0.0496. The van der Waals surface area contributed by atoms with Crippen LogP contribution in [0.25, 0.3) is 10.1 Å². The number of amides is 1. The number of carbonyl (C=O) groups excluding carboxylic acids is 1. The summed E-state index contributed by atoms with van der Waals surface area (Å²) in [7, 11) is 0. The molecule has 2 aromatic heterocycles. The minimum Gasteiger partial charge on any atom is -0.354 e. The van der Waals surface area contributed by atoms with Crippen molar-refractivity contribution in [3.63, 3.8) is 0 Å². The summed E-state index contributed by atoms with van der Waals surface area (Å²) in [5, 5.41) is 6.34. The summed E-state index contributed by atoms with van der Waals surface area (Å²) in [6, 6.07) is 4.42. The minimum absolute atomic E-state index is 0.0496. The summed E-state index contributed by atoms with van der Waals surface area (Å²) in [6.45, 7) is 3.44. The number of anilines is 1. The molecule has 3 rings (SSSR count). The van der Waals surface area contributed by atoms with Crippen LogP contribution in [0.2, 0.25) is 0 Å². The van der Waals surface area contributed by atoms with Gasteiger partial charge in [-0.25, -0.2) is 4.98 Å². The van der Waals surface area contributed by atoms with Crippen LogP contribution in [0.3, 0.4) is 0 Å². The first-order valence-electron chi connectivity index (χ1n) is 6.58. The van der Waals surface area contributed by atoms with Crippen LogP contribution < -0.4 is 10.2 Å². The Morgan fingerprint density at radius 1 is 1.53 bits per heavy atom. The van der Waals surface area contributed by atoms with E-state index in [9.17, 15) is 4.79 Å². The molecule has 0 radical (unpaired) electrons. The van der Waals surface area contributed by atoms with Crippen molar-refractivity contribution < 1.29 is 4.79 Å². The van der Waals surface area contributed by atoms with Gasteiger partial charge in [-0.3, -0.25) is 4.79 Å². The van der Waals surface area contributed by atoms with Crippen LogP contribution in [0, 0.1) is 0 Å². The van der Waals surface area contributed by atoms with E-state index in [0.29, 0.717) is 0 Å². The number of nitrogens with one attached hydrogen (secondary N) is 1. The molecule has 0 aliphatic carbocycles. The molecule has 0 spiro atoms. The normalized spacial score (nSPS) is 19.6. The first-order chi connectivity index (χ1) is 9.24. The van der Waals surface area contributed by atoms with E-state index in [0.717, 1.165) is 31.7 Å². The van der Waals surface area contributed by atoms with Crippen molar-refractivity contribution >= 4 is 33.1 Å². The average molecular weight is 275 g/mol. The van der Waals surface area contributed by atoms with E-state index in [1.165, 1.54) is 10.1 Å². The van der Waals surface area contributed by atoms with Crippen molar-refractivity contribution in [1.29, 1.82) is 0 Å². The van der Waals surface area contributed by atoms with E-state index in [4.69, 9.17) is 0 Å². The van der Waals surface area contributed by atoms with Crippen LogP contribution in [0.5, 0.6) is 0 Å². The largest absolute Gasteiger partial charge is 0.354 e. The van der Waals surface area contributed by atoms with E-state index in [1.54, 1.807) is 18.3 Å². The van der Waals surface area contributed by atoms with E-state index in [2.05, 4.69) is 32.7 Å². The molecule has 3 heterocycles. The van der Waals surface area contributed by atoms with Crippen LogP contribution in [-0.2, 0) is 4.79 Å². The number of pyridine rings is 1. The molecule has 2 aromatic rings. The zero-order valence-electron chi connectivity index (χ0n) is 10.9. The molecular weight excluding hydrogens is 258 g/mol. The standard InChI is InChI=1S/C14H17N3OS/c1-10(18)16-11-3-2-7-17(9-11)14-12-5-8-19-13(12)4-6-15-14/h4-6,8,11H,2-3,7,9H2,1H3,(H,16,18). The van der Waals surface area contributed by atoms with Gasteiger partial charge in [0.1, 0.15) is 5.82 Å². The molecule has 1 fully saturated rings. The number of nitrogens with zero attached hydrogens (tertiary/aromatic N) is 2. The number of hydrogen-bond acceptors (Lipinski definition) is 4. The smallest absolute Gasteiger partial charge is 0.217 e.